The summed E-state index contributed by atoms with van der Waals surface area (Å²) in [7, 11) is 0. The summed E-state index contributed by atoms with van der Waals surface area (Å²) in [5, 5.41) is 3.01. The summed E-state index contributed by atoms with van der Waals surface area (Å²) in [6, 6.07) is 0. The molecule has 5 nitrogen and oxygen atoms in total. The Hall–Kier alpha value is -1.10. The number of amides is 2. The molecule has 0 spiro atoms. The number of likely N-dealkylation sites (tertiary alicyclic amines) is 1. The molecule has 0 atom stereocenters. The predicted octanol–water partition coefficient (Wildman–Crippen LogP) is 1.27. The Morgan fingerprint density at radius 2 is 1.90 bits per heavy atom. The van der Waals surface area contributed by atoms with Crippen molar-refractivity contribution in [1.82, 2.24) is 10.2 Å². The number of piperidine rings is 1. The van der Waals surface area contributed by atoms with Crippen LogP contribution < -0.4 is 11.1 Å². The molecule has 116 valence electrons. The van der Waals surface area contributed by atoms with Crippen molar-refractivity contribution in [3.05, 3.63) is 0 Å². The summed E-state index contributed by atoms with van der Waals surface area (Å²) >= 11 is 0. The SMILES string of the molecule is CCCCCNC(=O)C1CCN(C(=O)CCCN)CC1. The zero-order valence-electron chi connectivity index (χ0n) is 12.7. The van der Waals surface area contributed by atoms with Crippen molar-refractivity contribution >= 4 is 11.8 Å². The second kappa shape index (κ2) is 9.75. The first kappa shape index (κ1) is 17.0. The zero-order chi connectivity index (χ0) is 14.8. The average molecular weight is 283 g/mol. The molecule has 5 heteroatoms. The summed E-state index contributed by atoms with van der Waals surface area (Å²) in [5.74, 6) is 0.419. The van der Waals surface area contributed by atoms with E-state index in [1.165, 1.54) is 6.42 Å². The number of nitrogens with zero attached hydrogens (tertiary/aromatic N) is 1. The summed E-state index contributed by atoms with van der Waals surface area (Å²) in [6.45, 7) is 4.90. The maximum atomic E-state index is 12.0. The third-order valence-electron chi connectivity index (χ3n) is 3.89. The molecule has 0 bridgehead atoms. The number of carbonyl (C=O) groups is 2. The van der Waals surface area contributed by atoms with E-state index in [0.29, 0.717) is 26.1 Å². The van der Waals surface area contributed by atoms with Gasteiger partial charge in [-0.05, 0) is 32.2 Å². The van der Waals surface area contributed by atoms with Crippen LogP contribution in [0.1, 0.15) is 51.9 Å². The molecule has 0 aliphatic carbocycles. The fourth-order valence-corrected chi connectivity index (χ4v) is 2.53. The van der Waals surface area contributed by atoms with Gasteiger partial charge in [0.2, 0.25) is 11.8 Å². The fourth-order valence-electron chi connectivity index (χ4n) is 2.53. The first-order valence-electron chi connectivity index (χ1n) is 7.94. The molecule has 0 radical (unpaired) electrons. The topological polar surface area (TPSA) is 75.4 Å². The van der Waals surface area contributed by atoms with Crippen molar-refractivity contribution in [3.8, 4) is 0 Å². The summed E-state index contributed by atoms with van der Waals surface area (Å²) in [5.41, 5.74) is 5.41. The smallest absolute Gasteiger partial charge is 0.223 e. The minimum atomic E-state index is 0.0789. The molecule has 1 aliphatic heterocycles. The van der Waals surface area contributed by atoms with E-state index in [2.05, 4.69) is 12.2 Å². The van der Waals surface area contributed by atoms with Gasteiger partial charge in [0, 0.05) is 32.0 Å². The first-order chi connectivity index (χ1) is 9.69. The van der Waals surface area contributed by atoms with E-state index in [0.717, 1.165) is 38.6 Å². The molecule has 1 rings (SSSR count). The first-order valence-corrected chi connectivity index (χ1v) is 7.94. The normalized spacial score (nSPS) is 16.2. The monoisotopic (exact) mass is 283 g/mol. The Kier molecular flexibility index (Phi) is 8.26. The lowest BCUT2D eigenvalue weighted by Crippen LogP contribution is -2.43. The molecule has 2 amide bonds. The molecule has 1 heterocycles. The van der Waals surface area contributed by atoms with E-state index >= 15 is 0 Å². The Bertz CT molecular complexity index is 299. The number of hydrogen-bond acceptors (Lipinski definition) is 3. The van der Waals surface area contributed by atoms with Gasteiger partial charge in [0.1, 0.15) is 0 Å². The number of hydrogen-bond donors (Lipinski definition) is 2. The molecule has 0 unspecified atom stereocenters. The van der Waals surface area contributed by atoms with Gasteiger partial charge in [-0.25, -0.2) is 0 Å². The van der Waals surface area contributed by atoms with Crippen LogP contribution in [0.5, 0.6) is 0 Å². The van der Waals surface area contributed by atoms with E-state index in [1.54, 1.807) is 0 Å². The minimum Gasteiger partial charge on any atom is -0.356 e. The minimum absolute atomic E-state index is 0.0789. The lowest BCUT2D eigenvalue weighted by Gasteiger charge is -2.31. The van der Waals surface area contributed by atoms with Crippen LogP contribution in [0.15, 0.2) is 0 Å². The highest BCUT2D eigenvalue weighted by atomic mass is 16.2. The molecule has 3 N–H and O–H groups in total. The molecule has 0 aromatic carbocycles. The highest BCUT2D eigenvalue weighted by Gasteiger charge is 2.26. The third-order valence-corrected chi connectivity index (χ3v) is 3.89. The molecule has 1 saturated heterocycles. The number of nitrogens with two attached hydrogens (primary N) is 1. The van der Waals surface area contributed by atoms with Crippen LogP contribution in [0.3, 0.4) is 0 Å². The van der Waals surface area contributed by atoms with Crippen molar-refractivity contribution in [2.45, 2.75) is 51.9 Å². The second-order valence-corrected chi connectivity index (χ2v) is 5.55. The van der Waals surface area contributed by atoms with Gasteiger partial charge in [-0.3, -0.25) is 9.59 Å². The van der Waals surface area contributed by atoms with Crippen molar-refractivity contribution in [2.75, 3.05) is 26.2 Å². The van der Waals surface area contributed by atoms with E-state index in [-0.39, 0.29) is 17.7 Å². The molecule has 1 aliphatic rings. The third kappa shape index (κ3) is 5.90. The zero-order valence-corrected chi connectivity index (χ0v) is 12.7. The van der Waals surface area contributed by atoms with Crippen molar-refractivity contribution in [1.29, 1.82) is 0 Å². The largest absolute Gasteiger partial charge is 0.356 e. The Morgan fingerprint density at radius 3 is 2.50 bits per heavy atom. The highest BCUT2D eigenvalue weighted by Crippen LogP contribution is 2.18. The van der Waals surface area contributed by atoms with Gasteiger partial charge in [-0.15, -0.1) is 0 Å². The number of rotatable bonds is 8. The molecular formula is C15H29N3O2. The van der Waals surface area contributed by atoms with Crippen LogP contribution in [0.2, 0.25) is 0 Å². The van der Waals surface area contributed by atoms with E-state index < -0.39 is 0 Å². The maximum absolute atomic E-state index is 12.0. The lowest BCUT2D eigenvalue weighted by molar-refractivity contribution is -0.135. The van der Waals surface area contributed by atoms with Gasteiger partial charge in [0.05, 0.1) is 0 Å². The van der Waals surface area contributed by atoms with Crippen LogP contribution >= 0.6 is 0 Å². The average Bonchev–Trinajstić information content (AvgIpc) is 2.49. The molecule has 1 fully saturated rings. The fraction of sp³-hybridized carbons (Fsp3) is 0.867. The van der Waals surface area contributed by atoms with E-state index in [9.17, 15) is 9.59 Å². The number of nitrogens with one attached hydrogen (secondary N) is 1. The van der Waals surface area contributed by atoms with Crippen LogP contribution in [-0.2, 0) is 9.59 Å². The summed E-state index contributed by atoms with van der Waals surface area (Å²) in [6.07, 6.45) is 6.23. The van der Waals surface area contributed by atoms with Gasteiger partial charge in [0.15, 0.2) is 0 Å². The van der Waals surface area contributed by atoms with E-state index in [1.807, 2.05) is 4.90 Å². The predicted molar refractivity (Wildman–Crippen MR) is 80.1 cm³/mol. The maximum Gasteiger partial charge on any atom is 0.223 e. The standard InChI is InChI=1S/C15H29N3O2/c1-2-3-4-10-17-15(20)13-7-11-18(12-8-13)14(19)6-5-9-16/h13H,2-12,16H2,1H3,(H,17,20). The number of unbranched alkanes of at least 4 members (excludes halogenated alkanes) is 2. The molecular weight excluding hydrogens is 254 g/mol. The van der Waals surface area contributed by atoms with Crippen molar-refractivity contribution in [3.63, 3.8) is 0 Å². The van der Waals surface area contributed by atoms with Gasteiger partial charge >= 0.3 is 0 Å². The highest BCUT2D eigenvalue weighted by molar-refractivity contribution is 5.80. The number of carbonyl (C=O) groups excluding carboxylic acids is 2. The van der Waals surface area contributed by atoms with Crippen molar-refractivity contribution in [2.24, 2.45) is 11.7 Å². The van der Waals surface area contributed by atoms with Crippen LogP contribution in [0, 0.1) is 5.92 Å². The van der Waals surface area contributed by atoms with Gasteiger partial charge in [-0.1, -0.05) is 19.8 Å². The van der Waals surface area contributed by atoms with Gasteiger partial charge < -0.3 is 16.0 Å². The molecule has 0 aromatic rings. The van der Waals surface area contributed by atoms with Crippen LogP contribution in [0.25, 0.3) is 0 Å². The van der Waals surface area contributed by atoms with E-state index in [4.69, 9.17) is 5.73 Å². The molecule has 20 heavy (non-hydrogen) atoms. The van der Waals surface area contributed by atoms with Gasteiger partial charge in [0.25, 0.3) is 0 Å². The Labute approximate surface area is 122 Å². The summed E-state index contributed by atoms with van der Waals surface area (Å²) < 4.78 is 0. The lowest BCUT2D eigenvalue weighted by atomic mass is 9.95. The second-order valence-electron chi connectivity index (χ2n) is 5.55. The summed E-state index contributed by atoms with van der Waals surface area (Å²) in [4.78, 5) is 25.7. The Morgan fingerprint density at radius 1 is 1.20 bits per heavy atom. The van der Waals surface area contributed by atoms with Crippen LogP contribution in [-0.4, -0.2) is 42.9 Å². The quantitative estimate of drug-likeness (QED) is 0.659. The van der Waals surface area contributed by atoms with Crippen LogP contribution in [0.4, 0.5) is 0 Å². The Balaban J connectivity index is 2.20. The van der Waals surface area contributed by atoms with Gasteiger partial charge in [-0.2, -0.15) is 0 Å². The molecule has 0 saturated carbocycles. The van der Waals surface area contributed by atoms with Crippen molar-refractivity contribution < 1.29 is 9.59 Å². The molecule has 0 aromatic heterocycles.